The van der Waals surface area contributed by atoms with Crippen LogP contribution in [0.1, 0.15) is 62.3 Å². The van der Waals surface area contributed by atoms with Gasteiger partial charge in [-0.15, -0.1) is 0 Å². The average molecular weight is 611 g/mol. The van der Waals surface area contributed by atoms with Crippen molar-refractivity contribution >= 4 is 6.29 Å². The highest BCUT2D eigenvalue weighted by Crippen LogP contribution is 2.54. The van der Waals surface area contributed by atoms with Gasteiger partial charge in [0, 0.05) is 24.7 Å². The topological polar surface area (TPSA) is 122 Å². The first kappa shape index (κ1) is 31.8. The maximum atomic E-state index is 12.8. The standard InChI is InChI=1S/C34H42O10/c1-6-7-8-19(2)16-40-17-23-11-22(36)12-31(43-23)44-34-20(3)26(15-35)32(21-9-29(38-4)33(37)30(10-21)39-5)24-13-27-28(14-25(24)34)42-18-41-27/h6-10,13-15,20,22-23,26,31-32,34,36-37H,11-12,16-18H2,1-5H3/b7-6-,19-8+/t20-,22?,23?,26?,31?,32?,34-/m0/s1. The van der Waals surface area contributed by atoms with Crippen molar-refractivity contribution in [3.05, 3.63) is 64.8 Å². The molecule has 2 aliphatic heterocycles. The fraction of sp³-hybridized carbons (Fsp3) is 0.500. The summed E-state index contributed by atoms with van der Waals surface area (Å²) in [5, 5.41) is 21.3. The van der Waals surface area contributed by atoms with Crippen LogP contribution in [0.25, 0.3) is 0 Å². The molecule has 5 rings (SSSR count). The number of carbonyl (C=O) groups is 1. The van der Waals surface area contributed by atoms with E-state index in [1.807, 2.05) is 51.1 Å². The third kappa shape index (κ3) is 6.58. The van der Waals surface area contributed by atoms with Crippen molar-refractivity contribution in [1.29, 1.82) is 0 Å². The number of methoxy groups -OCH3 is 2. The van der Waals surface area contributed by atoms with Crippen LogP contribution < -0.4 is 18.9 Å². The van der Waals surface area contributed by atoms with E-state index in [0.29, 0.717) is 37.6 Å². The van der Waals surface area contributed by atoms with Crippen LogP contribution in [0, 0.1) is 11.8 Å². The van der Waals surface area contributed by atoms with Gasteiger partial charge in [0.2, 0.25) is 12.5 Å². The molecule has 0 bridgehead atoms. The van der Waals surface area contributed by atoms with E-state index in [-0.39, 0.29) is 36.1 Å². The lowest BCUT2D eigenvalue weighted by Crippen LogP contribution is -2.42. The number of aldehydes is 1. The van der Waals surface area contributed by atoms with E-state index >= 15 is 0 Å². The van der Waals surface area contributed by atoms with Gasteiger partial charge < -0.3 is 48.2 Å². The second kappa shape index (κ2) is 14.0. The molecule has 2 aromatic carbocycles. The number of fused-ring (bicyclic) bond motifs is 2. The van der Waals surface area contributed by atoms with Crippen LogP contribution in [0.2, 0.25) is 0 Å². The van der Waals surface area contributed by atoms with Crippen molar-refractivity contribution in [2.75, 3.05) is 34.2 Å². The Kier molecular flexibility index (Phi) is 10.2. The number of rotatable bonds is 11. The molecule has 5 unspecified atom stereocenters. The summed E-state index contributed by atoms with van der Waals surface area (Å²) in [4.78, 5) is 12.8. The van der Waals surface area contributed by atoms with Crippen molar-refractivity contribution in [1.82, 2.24) is 0 Å². The SMILES string of the molecule is C/C=C\C=C(/C)COCC1CC(O)CC(O[C@@H]2c3cc4c(cc3C(c3cc(OC)c(O)c(OC)c3)C(C=O)[C@@H]2C)OCO4)O1. The van der Waals surface area contributed by atoms with Gasteiger partial charge in [-0.1, -0.05) is 25.2 Å². The molecular weight excluding hydrogens is 568 g/mol. The largest absolute Gasteiger partial charge is 0.502 e. The first-order chi connectivity index (χ1) is 21.3. The van der Waals surface area contributed by atoms with E-state index in [2.05, 4.69) is 0 Å². The summed E-state index contributed by atoms with van der Waals surface area (Å²) >= 11 is 0. The van der Waals surface area contributed by atoms with Crippen molar-refractivity contribution in [2.24, 2.45) is 11.8 Å². The Labute approximate surface area is 258 Å². The molecular formula is C34H42O10. The summed E-state index contributed by atoms with van der Waals surface area (Å²) in [6.45, 7) is 6.79. The molecule has 238 valence electrons. The predicted molar refractivity (Wildman–Crippen MR) is 161 cm³/mol. The minimum absolute atomic E-state index is 0.0882. The molecule has 7 atom stereocenters. The predicted octanol–water partition coefficient (Wildman–Crippen LogP) is 5.20. The number of phenols is 1. The molecule has 44 heavy (non-hydrogen) atoms. The Bertz CT molecular complexity index is 1360. The molecule has 2 N–H and O–H groups in total. The Balaban J connectivity index is 1.45. The number of ether oxygens (including phenoxy) is 7. The quantitative estimate of drug-likeness (QED) is 0.259. The minimum atomic E-state index is -0.713. The number of hydrogen-bond acceptors (Lipinski definition) is 10. The van der Waals surface area contributed by atoms with Crippen molar-refractivity contribution in [3.8, 4) is 28.7 Å². The molecule has 10 nitrogen and oxygen atoms in total. The fourth-order valence-electron chi connectivity index (χ4n) is 6.35. The molecule has 1 aliphatic carbocycles. The fourth-order valence-corrected chi connectivity index (χ4v) is 6.35. The smallest absolute Gasteiger partial charge is 0.231 e. The van der Waals surface area contributed by atoms with Gasteiger partial charge in [0.1, 0.15) is 6.29 Å². The molecule has 0 spiro atoms. The third-order valence-corrected chi connectivity index (χ3v) is 8.56. The second-order valence-electron chi connectivity index (χ2n) is 11.6. The van der Waals surface area contributed by atoms with Gasteiger partial charge in [-0.3, -0.25) is 0 Å². The molecule has 2 heterocycles. The molecule has 0 saturated carbocycles. The van der Waals surface area contributed by atoms with Crippen LogP contribution >= 0.6 is 0 Å². The van der Waals surface area contributed by atoms with Gasteiger partial charge in [0.25, 0.3) is 0 Å². The van der Waals surface area contributed by atoms with Gasteiger partial charge >= 0.3 is 0 Å². The summed E-state index contributed by atoms with van der Waals surface area (Å²) in [5.41, 5.74) is 3.47. The first-order valence-corrected chi connectivity index (χ1v) is 15.0. The number of carbonyl (C=O) groups excluding carboxylic acids is 1. The zero-order valence-electron chi connectivity index (χ0n) is 25.9. The number of benzene rings is 2. The lowest BCUT2D eigenvalue weighted by molar-refractivity contribution is -0.251. The summed E-state index contributed by atoms with van der Waals surface area (Å²) < 4.78 is 41.1. The van der Waals surface area contributed by atoms with Crippen LogP contribution in [0.4, 0.5) is 0 Å². The van der Waals surface area contributed by atoms with Gasteiger partial charge in [0.05, 0.1) is 45.7 Å². The molecule has 2 aromatic rings. The molecule has 10 heteroatoms. The highest BCUT2D eigenvalue weighted by Gasteiger charge is 2.45. The number of phenolic OH excluding ortho intramolecular Hbond substituents is 1. The number of aliphatic hydroxyl groups is 1. The number of aromatic hydroxyl groups is 1. The second-order valence-corrected chi connectivity index (χ2v) is 11.6. The zero-order valence-corrected chi connectivity index (χ0v) is 25.9. The maximum absolute atomic E-state index is 12.8. The van der Waals surface area contributed by atoms with Gasteiger partial charge in [-0.2, -0.15) is 0 Å². The summed E-state index contributed by atoms with van der Waals surface area (Å²) in [5.74, 6) is 0.279. The third-order valence-electron chi connectivity index (χ3n) is 8.56. The van der Waals surface area contributed by atoms with Crippen molar-refractivity contribution < 1.29 is 48.2 Å². The summed E-state index contributed by atoms with van der Waals surface area (Å²) in [6, 6.07) is 7.25. The highest BCUT2D eigenvalue weighted by molar-refractivity contribution is 5.65. The Hall–Kier alpha value is -3.57. The first-order valence-electron chi connectivity index (χ1n) is 15.0. The maximum Gasteiger partial charge on any atom is 0.231 e. The van der Waals surface area contributed by atoms with Crippen LogP contribution in [0.5, 0.6) is 28.7 Å². The Morgan fingerprint density at radius 2 is 1.73 bits per heavy atom. The molecule has 0 aromatic heterocycles. The monoisotopic (exact) mass is 610 g/mol. The Morgan fingerprint density at radius 3 is 2.36 bits per heavy atom. The molecule has 3 aliphatic rings. The van der Waals surface area contributed by atoms with E-state index in [0.717, 1.165) is 28.5 Å². The van der Waals surface area contributed by atoms with Crippen molar-refractivity contribution in [3.63, 3.8) is 0 Å². The van der Waals surface area contributed by atoms with Crippen LogP contribution in [-0.2, 0) is 19.0 Å². The lowest BCUT2D eigenvalue weighted by atomic mass is 9.66. The van der Waals surface area contributed by atoms with Crippen LogP contribution in [0.3, 0.4) is 0 Å². The van der Waals surface area contributed by atoms with Gasteiger partial charge in [-0.05, 0) is 66.3 Å². The average Bonchev–Trinajstić information content (AvgIpc) is 3.48. The van der Waals surface area contributed by atoms with E-state index < -0.39 is 30.3 Å². The summed E-state index contributed by atoms with van der Waals surface area (Å²) in [7, 11) is 2.93. The number of aliphatic hydroxyl groups excluding tert-OH is 1. The van der Waals surface area contributed by atoms with E-state index in [1.165, 1.54) is 14.2 Å². The van der Waals surface area contributed by atoms with E-state index in [9.17, 15) is 15.0 Å². The Morgan fingerprint density at radius 1 is 1.05 bits per heavy atom. The molecule has 1 saturated heterocycles. The number of allylic oxidation sites excluding steroid dienone is 3. The molecule has 1 fully saturated rings. The zero-order chi connectivity index (χ0) is 31.4. The van der Waals surface area contributed by atoms with E-state index in [1.54, 1.807) is 12.1 Å². The van der Waals surface area contributed by atoms with Gasteiger partial charge in [-0.25, -0.2) is 0 Å². The van der Waals surface area contributed by atoms with Crippen LogP contribution in [-0.4, -0.2) is 69.2 Å². The van der Waals surface area contributed by atoms with Gasteiger partial charge in [0.15, 0.2) is 29.3 Å². The minimum Gasteiger partial charge on any atom is -0.502 e. The lowest BCUT2D eigenvalue weighted by Gasteiger charge is -2.43. The van der Waals surface area contributed by atoms with Crippen molar-refractivity contribution in [2.45, 2.75) is 64.1 Å². The summed E-state index contributed by atoms with van der Waals surface area (Å²) in [6.07, 6.45) is 5.37. The normalized spacial score (nSPS) is 28.1. The molecule has 0 radical (unpaired) electrons. The van der Waals surface area contributed by atoms with E-state index in [4.69, 9.17) is 33.2 Å². The molecule has 0 amide bonds. The highest BCUT2D eigenvalue weighted by atomic mass is 16.7. The number of hydrogen-bond donors (Lipinski definition) is 2. The van der Waals surface area contributed by atoms with Crippen LogP contribution in [0.15, 0.2) is 48.1 Å².